The van der Waals surface area contributed by atoms with E-state index in [1.807, 2.05) is 12.1 Å². The topological polar surface area (TPSA) is 18.5 Å². The molecule has 0 aromatic heterocycles. The number of likely N-dealkylation sites (N-methyl/N-ethyl adjacent to an activating group) is 1. The van der Waals surface area contributed by atoms with Crippen molar-refractivity contribution in [3.05, 3.63) is 29.3 Å². The Labute approximate surface area is 127 Å². The van der Waals surface area contributed by atoms with Gasteiger partial charge in [-0.1, -0.05) is 25.4 Å². The minimum Gasteiger partial charge on any atom is -0.370 e. The molecule has 2 rings (SSSR count). The summed E-state index contributed by atoms with van der Waals surface area (Å²) in [6.45, 7) is 6.59. The third kappa shape index (κ3) is 3.87. The Hall–Kier alpha value is -0.770. The molecule has 0 amide bonds. The first-order chi connectivity index (χ1) is 9.47. The molecule has 1 aromatic rings. The van der Waals surface area contributed by atoms with Crippen LogP contribution in [0.25, 0.3) is 0 Å². The molecule has 1 fully saturated rings. The van der Waals surface area contributed by atoms with E-state index in [1.54, 1.807) is 0 Å². The van der Waals surface area contributed by atoms with Gasteiger partial charge >= 0.3 is 0 Å². The van der Waals surface area contributed by atoms with E-state index in [2.05, 4.69) is 55.2 Å². The van der Waals surface area contributed by atoms with Gasteiger partial charge in [-0.25, -0.2) is 0 Å². The highest BCUT2D eigenvalue weighted by atomic mass is 35.5. The number of halogens is 1. The lowest BCUT2D eigenvalue weighted by atomic mass is 9.97. The molecule has 1 aliphatic heterocycles. The number of nitrogens with zero attached hydrogens (tertiary/aromatic N) is 2. The van der Waals surface area contributed by atoms with Crippen molar-refractivity contribution in [3.63, 3.8) is 0 Å². The highest BCUT2D eigenvalue weighted by Crippen LogP contribution is 2.23. The molecule has 1 aromatic carbocycles. The first-order valence-corrected chi connectivity index (χ1v) is 7.78. The van der Waals surface area contributed by atoms with Crippen molar-refractivity contribution < 1.29 is 0 Å². The Bertz CT molecular complexity index is 416. The van der Waals surface area contributed by atoms with E-state index in [4.69, 9.17) is 11.6 Å². The normalized spacial score (nSPS) is 23.6. The van der Waals surface area contributed by atoms with E-state index in [1.165, 1.54) is 12.1 Å². The maximum atomic E-state index is 5.97. The SMILES string of the molecule is CC(C)N[C@@H]1CCN(c2ccc(Cl)cc2)C[C@@H]1N(C)C. The van der Waals surface area contributed by atoms with Crippen LogP contribution in [0.1, 0.15) is 20.3 Å². The van der Waals surface area contributed by atoms with Crippen LogP contribution < -0.4 is 10.2 Å². The second kappa shape index (κ2) is 6.79. The van der Waals surface area contributed by atoms with Gasteiger partial charge < -0.3 is 15.1 Å². The molecule has 1 heterocycles. The Morgan fingerprint density at radius 1 is 1.25 bits per heavy atom. The highest BCUT2D eigenvalue weighted by Gasteiger charge is 2.30. The fraction of sp³-hybridized carbons (Fsp3) is 0.625. The summed E-state index contributed by atoms with van der Waals surface area (Å²) in [6, 6.07) is 9.80. The molecule has 2 atom stereocenters. The number of benzene rings is 1. The van der Waals surface area contributed by atoms with Gasteiger partial charge in [-0.3, -0.25) is 0 Å². The fourth-order valence-electron chi connectivity index (χ4n) is 2.96. The standard InChI is InChI=1S/C16H26ClN3/c1-12(2)18-15-9-10-20(11-16(15)19(3)4)14-7-5-13(17)6-8-14/h5-8,12,15-16,18H,9-11H2,1-4H3/t15-,16+/m1/s1. The molecule has 0 saturated carbocycles. The molecule has 3 nitrogen and oxygen atoms in total. The molecule has 1 saturated heterocycles. The van der Waals surface area contributed by atoms with Crippen molar-refractivity contribution in [2.24, 2.45) is 0 Å². The van der Waals surface area contributed by atoms with Gasteiger partial charge in [0.1, 0.15) is 0 Å². The van der Waals surface area contributed by atoms with Crippen molar-refractivity contribution in [3.8, 4) is 0 Å². The minimum atomic E-state index is 0.529. The monoisotopic (exact) mass is 295 g/mol. The van der Waals surface area contributed by atoms with Crippen LogP contribution in [-0.4, -0.2) is 50.2 Å². The molecule has 20 heavy (non-hydrogen) atoms. The summed E-state index contributed by atoms with van der Waals surface area (Å²) in [6.07, 6.45) is 1.17. The maximum absolute atomic E-state index is 5.97. The summed E-state index contributed by atoms with van der Waals surface area (Å²) >= 11 is 5.97. The van der Waals surface area contributed by atoms with Gasteiger partial charge in [0.05, 0.1) is 0 Å². The second-order valence-corrected chi connectivity index (χ2v) is 6.61. The average molecular weight is 296 g/mol. The van der Waals surface area contributed by atoms with Crippen molar-refractivity contribution in [2.45, 2.75) is 38.4 Å². The van der Waals surface area contributed by atoms with Crippen LogP contribution >= 0.6 is 11.6 Å². The molecular weight excluding hydrogens is 270 g/mol. The summed E-state index contributed by atoms with van der Waals surface area (Å²) < 4.78 is 0. The Morgan fingerprint density at radius 2 is 1.90 bits per heavy atom. The van der Waals surface area contributed by atoms with Gasteiger partial charge in [0.25, 0.3) is 0 Å². The van der Waals surface area contributed by atoms with Crippen molar-refractivity contribution in [1.82, 2.24) is 10.2 Å². The lowest BCUT2D eigenvalue weighted by Gasteiger charge is -2.43. The molecule has 0 aliphatic carbocycles. The van der Waals surface area contributed by atoms with Gasteiger partial charge in [-0.2, -0.15) is 0 Å². The molecule has 1 aliphatic rings. The molecule has 0 bridgehead atoms. The summed E-state index contributed by atoms with van der Waals surface area (Å²) in [5, 5.41) is 4.51. The van der Waals surface area contributed by atoms with Crippen molar-refractivity contribution in [1.29, 1.82) is 0 Å². The molecule has 4 heteroatoms. The molecule has 1 N–H and O–H groups in total. The van der Waals surface area contributed by atoms with Crippen LogP contribution in [0.2, 0.25) is 5.02 Å². The molecular formula is C16H26ClN3. The van der Waals surface area contributed by atoms with E-state index in [9.17, 15) is 0 Å². The number of piperidine rings is 1. The van der Waals surface area contributed by atoms with Crippen molar-refractivity contribution >= 4 is 17.3 Å². The number of rotatable bonds is 4. The summed E-state index contributed by atoms with van der Waals surface area (Å²) in [5.41, 5.74) is 1.27. The van der Waals surface area contributed by atoms with Crippen LogP contribution in [0.3, 0.4) is 0 Å². The summed E-state index contributed by atoms with van der Waals surface area (Å²) in [5.74, 6) is 0. The zero-order valence-corrected chi connectivity index (χ0v) is 13.7. The Kier molecular flexibility index (Phi) is 5.30. The highest BCUT2D eigenvalue weighted by molar-refractivity contribution is 6.30. The van der Waals surface area contributed by atoms with Gasteiger partial charge in [-0.15, -0.1) is 0 Å². The van der Waals surface area contributed by atoms with Crippen LogP contribution in [-0.2, 0) is 0 Å². The number of anilines is 1. The quantitative estimate of drug-likeness (QED) is 0.921. The van der Waals surface area contributed by atoms with Crippen LogP contribution in [0, 0.1) is 0 Å². The van der Waals surface area contributed by atoms with Crippen LogP contribution in [0.15, 0.2) is 24.3 Å². The van der Waals surface area contributed by atoms with Gasteiger partial charge in [0.15, 0.2) is 0 Å². The lowest BCUT2D eigenvalue weighted by Crippen LogP contribution is -2.59. The summed E-state index contributed by atoms with van der Waals surface area (Å²) in [7, 11) is 4.34. The first kappa shape index (κ1) is 15.6. The number of hydrogen-bond donors (Lipinski definition) is 1. The number of nitrogens with one attached hydrogen (secondary N) is 1. The zero-order chi connectivity index (χ0) is 14.7. The third-order valence-electron chi connectivity index (χ3n) is 3.98. The molecule has 0 radical (unpaired) electrons. The van der Waals surface area contributed by atoms with E-state index >= 15 is 0 Å². The lowest BCUT2D eigenvalue weighted by molar-refractivity contribution is 0.196. The van der Waals surface area contributed by atoms with E-state index in [0.29, 0.717) is 18.1 Å². The van der Waals surface area contributed by atoms with Gasteiger partial charge in [0, 0.05) is 41.9 Å². The maximum Gasteiger partial charge on any atom is 0.0419 e. The fourth-order valence-corrected chi connectivity index (χ4v) is 3.09. The number of hydrogen-bond acceptors (Lipinski definition) is 3. The van der Waals surface area contributed by atoms with Gasteiger partial charge in [-0.05, 0) is 44.8 Å². The zero-order valence-electron chi connectivity index (χ0n) is 12.9. The predicted molar refractivity (Wildman–Crippen MR) is 87.8 cm³/mol. The van der Waals surface area contributed by atoms with E-state index in [0.717, 1.165) is 18.1 Å². The Balaban J connectivity index is 2.07. The molecule has 0 unspecified atom stereocenters. The largest absolute Gasteiger partial charge is 0.370 e. The summed E-state index contributed by atoms with van der Waals surface area (Å²) in [4.78, 5) is 4.79. The minimum absolute atomic E-state index is 0.529. The Morgan fingerprint density at radius 3 is 2.45 bits per heavy atom. The third-order valence-corrected chi connectivity index (χ3v) is 4.24. The van der Waals surface area contributed by atoms with E-state index < -0.39 is 0 Å². The first-order valence-electron chi connectivity index (χ1n) is 7.40. The smallest absolute Gasteiger partial charge is 0.0419 e. The molecule has 0 spiro atoms. The van der Waals surface area contributed by atoms with Crippen molar-refractivity contribution in [2.75, 3.05) is 32.1 Å². The second-order valence-electron chi connectivity index (χ2n) is 6.17. The van der Waals surface area contributed by atoms with E-state index in [-0.39, 0.29) is 0 Å². The van der Waals surface area contributed by atoms with Crippen LogP contribution in [0.4, 0.5) is 5.69 Å². The van der Waals surface area contributed by atoms with Crippen LogP contribution in [0.5, 0.6) is 0 Å². The average Bonchev–Trinajstić information content (AvgIpc) is 2.39. The predicted octanol–water partition coefficient (Wildman–Crippen LogP) is 2.85. The van der Waals surface area contributed by atoms with Gasteiger partial charge in [0.2, 0.25) is 0 Å². The molecule has 112 valence electrons.